The van der Waals surface area contributed by atoms with Crippen LogP contribution < -0.4 is 5.48 Å². The van der Waals surface area contributed by atoms with Gasteiger partial charge in [0.15, 0.2) is 0 Å². The maximum absolute atomic E-state index is 12.8. The van der Waals surface area contributed by atoms with Crippen LogP contribution in [0.2, 0.25) is 0 Å². The second-order valence-electron chi connectivity index (χ2n) is 2.42. The number of nitrogens with one attached hydrogen (secondary N) is 1. The molecule has 0 aromatic heterocycles. The van der Waals surface area contributed by atoms with Gasteiger partial charge in [-0.25, -0.2) is 4.39 Å². The molecule has 1 fully saturated rings. The van der Waals surface area contributed by atoms with E-state index in [1.165, 1.54) is 0 Å². The lowest BCUT2D eigenvalue weighted by atomic mass is 9.93. The number of hydrogen-bond donors (Lipinski definition) is 3. The first-order valence-electron chi connectivity index (χ1n) is 3.26. The third-order valence-electron chi connectivity index (χ3n) is 1.72. The maximum Gasteiger partial charge on any atom is 0.138 e. The van der Waals surface area contributed by atoms with Gasteiger partial charge in [-0.05, 0) is 0 Å². The first-order valence-corrected chi connectivity index (χ1v) is 3.26. The molecule has 6 heteroatoms. The normalized spacial score (nSPS) is 44.6. The minimum atomic E-state index is -1.49. The molecule has 0 amide bonds. The summed E-state index contributed by atoms with van der Waals surface area (Å²) < 4.78 is 17.6. The number of rotatable bonds is 2. The largest absolute Gasteiger partial charge is 0.394 e. The fraction of sp³-hybridized carbons (Fsp3) is 1.00. The summed E-state index contributed by atoms with van der Waals surface area (Å²) in [6.07, 6.45) is -2.26. The second-order valence-corrected chi connectivity index (χ2v) is 2.42. The first-order chi connectivity index (χ1) is 5.20. The van der Waals surface area contributed by atoms with Crippen molar-refractivity contribution in [3.8, 4) is 0 Å². The van der Waals surface area contributed by atoms with Crippen LogP contribution in [0.15, 0.2) is 0 Å². The van der Waals surface area contributed by atoms with Gasteiger partial charge in [-0.2, -0.15) is 5.48 Å². The van der Waals surface area contributed by atoms with E-state index >= 15 is 0 Å². The minimum absolute atomic E-state index is 0.369. The van der Waals surface area contributed by atoms with Gasteiger partial charge in [-0.3, -0.25) is 0 Å². The molecule has 1 aliphatic rings. The molecule has 1 saturated heterocycles. The zero-order valence-corrected chi connectivity index (χ0v) is 5.77. The Labute approximate surface area is 64.7 Å². The molecule has 0 unspecified atom stereocenters. The molecule has 0 saturated carbocycles. The molecule has 1 rings (SSSR count). The predicted molar refractivity (Wildman–Crippen MR) is 35.1 cm³/mol. The molecule has 3 N–H and O–H groups in total. The van der Waals surface area contributed by atoms with Crippen molar-refractivity contribution in [3.63, 3.8) is 0 Å². The number of ether oxygens (including phenoxy) is 1. The van der Waals surface area contributed by atoms with Crippen LogP contribution in [0.4, 0.5) is 4.39 Å². The van der Waals surface area contributed by atoms with E-state index in [4.69, 9.17) is 22.9 Å². The molecule has 11 heavy (non-hydrogen) atoms. The number of aliphatic hydroxyl groups excluding tert-OH is 1. The number of hydrogen-bond acceptors (Lipinski definition) is 4. The van der Waals surface area contributed by atoms with E-state index in [2.05, 4.69) is 0 Å². The molecule has 4 atom stereocenters. The third kappa shape index (κ3) is 1.53. The average molecular weight is 161 g/mol. The number of aliphatic hydroxyl groups is 1. The Hall–Kier alpha value is -0.165. The van der Waals surface area contributed by atoms with Crippen LogP contribution in [-0.4, -0.2) is 49.1 Å². The van der Waals surface area contributed by atoms with Gasteiger partial charge in [-0.1, -0.05) is 0 Å². The molecule has 0 aromatic carbocycles. The zero-order chi connectivity index (χ0) is 8.43. The lowest BCUT2D eigenvalue weighted by molar-refractivity contribution is 0.00871. The molecular formula is C5H9BFNO3. The van der Waals surface area contributed by atoms with Gasteiger partial charge in [0.2, 0.25) is 0 Å². The van der Waals surface area contributed by atoms with Crippen LogP contribution in [0.5, 0.6) is 0 Å². The summed E-state index contributed by atoms with van der Waals surface area (Å²) >= 11 is 0. The highest BCUT2D eigenvalue weighted by atomic mass is 19.1. The standard InChI is InChI=1S/C5H9BFNO3/c6-5-3(7)4(8-10)2(1-9)11-5/h2-5,8-10H,1H2/t2-,3-,4-,5-/m1/s1. The maximum atomic E-state index is 12.8. The van der Waals surface area contributed by atoms with Crippen molar-refractivity contribution in [1.29, 1.82) is 0 Å². The molecule has 0 spiro atoms. The van der Waals surface area contributed by atoms with E-state index < -0.39 is 24.3 Å². The summed E-state index contributed by atoms with van der Waals surface area (Å²) in [6.45, 7) is -0.369. The van der Waals surface area contributed by atoms with Gasteiger partial charge in [0, 0.05) is 6.00 Å². The minimum Gasteiger partial charge on any atom is -0.394 e. The van der Waals surface area contributed by atoms with Crippen molar-refractivity contribution >= 4 is 7.85 Å². The molecule has 1 heterocycles. The molecule has 0 aromatic rings. The van der Waals surface area contributed by atoms with Gasteiger partial charge in [0.1, 0.15) is 20.1 Å². The van der Waals surface area contributed by atoms with Gasteiger partial charge in [0.25, 0.3) is 0 Å². The van der Waals surface area contributed by atoms with E-state index in [0.717, 1.165) is 0 Å². The lowest BCUT2D eigenvalue weighted by Gasteiger charge is -2.14. The number of halogens is 1. The van der Waals surface area contributed by atoms with Crippen molar-refractivity contribution in [1.82, 2.24) is 5.48 Å². The number of alkyl halides is 1. The molecule has 0 aliphatic carbocycles. The Kier molecular flexibility index (Phi) is 2.83. The van der Waals surface area contributed by atoms with Crippen LogP contribution in [-0.2, 0) is 4.74 Å². The van der Waals surface area contributed by atoms with Crippen LogP contribution >= 0.6 is 0 Å². The molecule has 1 aliphatic heterocycles. The molecule has 62 valence electrons. The van der Waals surface area contributed by atoms with Gasteiger partial charge in [0.05, 0.1) is 12.6 Å². The molecular weight excluding hydrogens is 152 g/mol. The van der Waals surface area contributed by atoms with E-state index in [-0.39, 0.29) is 6.61 Å². The summed E-state index contributed by atoms with van der Waals surface area (Å²) in [6, 6.07) is -2.01. The van der Waals surface area contributed by atoms with Crippen molar-refractivity contribution in [2.45, 2.75) is 24.3 Å². The Morgan fingerprint density at radius 3 is 2.64 bits per heavy atom. The van der Waals surface area contributed by atoms with Gasteiger partial charge >= 0.3 is 0 Å². The van der Waals surface area contributed by atoms with Crippen LogP contribution in [0, 0.1) is 0 Å². The van der Waals surface area contributed by atoms with E-state index in [1.54, 1.807) is 5.48 Å². The topological polar surface area (TPSA) is 61.7 Å². The molecule has 2 radical (unpaired) electrons. The fourth-order valence-electron chi connectivity index (χ4n) is 1.08. The summed E-state index contributed by atoms with van der Waals surface area (Å²) in [5.41, 5.74) is 1.71. The first kappa shape index (κ1) is 8.93. The Balaban J connectivity index is 2.57. The smallest absolute Gasteiger partial charge is 0.138 e. The number of hydroxylamine groups is 1. The van der Waals surface area contributed by atoms with Crippen molar-refractivity contribution in [3.05, 3.63) is 0 Å². The second kappa shape index (κ2) is 3.49. The highest BCUT2D eigenvalue weighted by Crippen LogP contribution is 2.21. The Morgan fingerprint density at radius 1 is 1.64 bits per heavy atom. The summed E-state index contributed by atoms with van der Waals surface area (Å²) in [4.78, 5) is 0. The summed E-state index contributed by atoms with van der Waals surface area (Å²) in [5, 5.41) is 17.0. The fourth-order valence-corrected chi connectivity index (χ4v) is 1.08. The Morgan fingerprint density at radius 2 is 2.27 bits per heavy atom. The SMILES string of the molecule is [B][C@@H]1O[C@H](CO)[C@@H](NO)[C@H]1F. The summed E-state index contributed by atoms with van der Waals surface area (Å²) in [7, 11) is 5.15. The van der Waals surface area contributed by atoms with Gasteiger partial charge < -0.3 is 15.1 Å². The van der Waals surface area contributed by atoms with E-state index in [1.807, 2.05) is 0 Å². The predicted octanol–water partition coefficient (Wildman–Crippen LogP) is -1.44. The highest BCUT2D eigenvalue weighted by molar-refractivity contribution is 6.11. The van der Waals surface area contributed by atoms with Crippen molar-refractivity contribution in [2.24, 2.45) is 0 Å². The molecule has 0 bridgehead atoms. The van der Waals surface area contributed by atoms with E-state index in [0.29, 0.717) is 0 Å². The monoisotopic (exact) mass is 161 g/mol. The highest BCUT2D eigenvalue weighted by Gasteiger charge is 2.41. The van der Waals surface area contributed by atoms with E-state index in [9.17, 15) is 4.39 Å². The van der Waals surface area contributed by atoms with Crippen molar-refractivity contribution < 1.29 is 19.4 Å². The summed E-state index contributed by atoms with van der Waals surface area (Å²) in [5.74, 6) is 0. The average Bonchev–Trinajstić information content (AvgIpc) is 2.28. The van der Waals surface area contributed by atoms with Crippen molar-refractivity contribution in [2.75, 3.05) is 6.61 Å². The Bertz CT molecular complexity index is 139. The quantitative estimate of drug-likeness (QED) is 0.342. The van der Waals surface area contributed by atoms with Gasteiger partial charge in [-0.15, -0.1) is 0 Å². The third-order valence-corrected chi connectivity index (χ3v) is 1.72. The van der Waals surface area contributed by atoms with Crippen LogP contribution in [0.25, 0.3) is 0 Å². The zero-order valence-electron chi connectivity index (χ0n) is 5.77. The lowest BCUT2D eigenvalue weighted by Crippen LogP contribution is -2.42. The van der Waals surface area contributed by atoms with Crippen LogP contribution in [0.1, 0.15) is 0 Å². The van der Waals surface area contributed by atoms with Crippen LogP contribution in [0.3, 0.4) is 0 Å². The molecule has 4 nitrogen and oxygen atoms in total.